The average molecular weight is 257 g/mol. The molecule has 0 saturated heterocycles. The van der Waals surface area contributed by atoms with Gasteiger partial charge in [-0.25, -0.2) is 0 Å². The normalized spacial score (nSPS) is 18.6. The van der Waals surface area contributed by atoms with Crippen LogP contribution in [0.4, 0.5) is 0 Å². The summed E-state index contributed by atoms with van der Waals surface area (Å²) < 4.78 is 10.5. The van der Waals surface area contributed by atoms with Gasteiger partial charge < -0.3 is 15.2 Å². The summed E-state index contributed by atoms with van der Waals surface area (Å²) in [5.41, 5.74) is 5.85. The van der Waals surface area contributed by atoms with Crippen LogP contribution in [0.15, 0.2) is 0 Å². The first-order valence-electron chi connectivity index (χ1n) is 7.16. The monoisotopic (exact) mass is 257 g/mol. The van der Waals surface area contributed by atoms with Crippen molar-refractivity contribution >= 4 is 5.97 Å². The van der Waals surface area contributed by atoms with Crippen molar-refractivity contribution < 1.29 is 14.3 Å². The maximum absolute atomic E-state index is 11.8. The van der Waals surface area contributed by atoms with E-state index < -0.39 is 0 Å². The van der Waals surface area contributed by atoms with Gasteiger partial charge in [0, 0.05) is 6.61 Å². The number of hydrogen-bond donors (Lipinski definition) is 1. The molecule has 4 heteroatoms. The zero-order valence-electron chi connectivity index (χ0n) is 11.6. The van der Waals surface area contributed by atoms with Gasteiger partial charge in [-0.3, -0.25) is 4.79 Å². The Kier molecular flexibility index (Phi) is 7.28. The molecule has 0 aromatic carbocycles. The Labute approximate surface area is 110 Å². The van der Waals surface area contributed by atoms with Crippen molar-refractivity contribution in [2.75, 3.05) is 26.4 Å². The summed E-state index contributed by atoms with van der Waals surface area (Å²) in [5, 5.41) is 0. The van der Waals surface area contributed by atoms with Crippen molar-refractivity contribution in [2.24, 2.45) is 11.1 Å². The first-order chi connectivity index (χ1) is 8.72. The van der Waals surface area contributed by atoms with Crippen LogP contribution in [0.5, 0.6) is 0 Å². The highest BCUT2D eigenvalue weighted by atomic mass is 16.6. The predicted octanol–water partition coefficient (Wildman–Crippen LogP) is 2.26. The van der Waals surface area contributed by atoms with Crippen LogP contribution in [0.2, 0.25) is 0 Å². The molecule has 0 unspecified atom stereocenters. The molecule has 0 spiro atoms. The fourth-order valence-corrected chi connectivity index (χ4v) is 2.57. The smallest absolute Gasteiger partial charge is 0.306 e. The van der Waals surface area contributed by atoms with Crippen LogP contribution in [0.1, 0.15) is 51.9 Å². The third-order valence-electron chi connectivity index (χ3n) is 3.71. The van der Waals surface area contributed by atoms with Gasteiger partial charge in [0.05, 0.1) is 13.0 Å². The van der Waals surface area contributed by atoms with Crippen molar-refractivity contribution in [3.8, 4) is 0 Å². The van der Waals surface area contributed by atoms with Gasteiger partial charge in [0.2, 0.25) is 0 Å². The van der Waals surface area contributed by atoms with E-state index in [9.17, 15) is 4.79 Å². The molecule has 0 atom stereocenters. The Hall–Kier alpha value is -0.610. The van der Waals surface area contributed by atoms with Gasteiger partial charge in [-0.2, -0.15) is 0 Å². The molecule has 0 heterocycles. The highest BCUT2D eigenvalue weighted by Gasteiger charge is 2.33. The number of nitrogens with two attached hydrogens (primary N) is 1. The highest BCUT2D eigenvalue weighted by molar-refractivity contribution is 5.70. The second-order valence-electron chi connectivity index (χ2n) is 5.27. The third-order valence-corrected chi connectivity index (χ3v) is 3.71. The van der Waals surface area contributed by atoms with Crippen LogP contribution in [0.3, 0.4) is 0 Å². The molecule has 1 saturated carbocycles. The molecule has 1 aliphatic rings. The van der Waals surface area contributed by atoms with E-state index in [4.69, 9.17) is 15.2 Å². The first-order valence-corrected chi connectivity index (χ1v) is 7.16. The molecule has 18 heavy (non-hydrogen) atoms. The second kappa shape index (κ2) is 8.48. The fraction of sp³-hybridized carbons (Fsp3) is 0.929. The zero-order valence-corrected chi connectivity index (χ0v) is 11.6. The fourth-order valence-electron chi connectivity index (χ4n) is 2.57. The van der Waals surface area contributed by atoms with Crippen molar-refractivity contribution in [1.82, 2.24) is 0 Å². The summed E-state index contributed by atoms with van der Waals surface area (Å²) in [6.07, 6.45) is 7.22. The summed E-state index contributed by atoms with van der Waals surface area (Å²) in [7, 11) is 0. The van der Waals surface area contributed by atoms with E-state index in [1.54, 1.807) is 0 Å². The summed E-state index contributed by atoms with van der Waals surface area (Å²) in [6.45, 7) is 4.23. The van der Waals surface area contributed by atoms with Crippen LogP contribution in [-0.4, -0.2) is 32.3 Å². The number of carbonyl (C=O) groups excluding carboxylic acids is 1. The number of carbonyl (C=O) groups is 1. The van der Waals surface area contributed by atoms with Crippen molar-refractivity contribution in [3.63, 3.8) is 0 Å². The molecule has 0 aromatic rings. The van der Waals surface area contributed by atoms with E-state index in [1.807, 2.05) is 0 Å². The van der Waals surface area contributed by atoms with E-state index >= 15 is 0 Å². The molecule has 106 valence electrons. The number of esters is 1. The SMILES string of the molecule is CCCOCCOC(=O)CC1(CN)CCCCC1. The number of rotatable bonds is 8. The van der Waals surface area contributed by atoms with E-state index in [0.29, 0.717) is 26.2 Å². The lowest BCUT2D eigenvalue weighted by Gasteiger charge is -2.35. The van der Waals surface area contributed by atoms with Crippen LogP contribution in [0.25, 0.3) is 0 Å². The lowest BCUT2D eigenvalue weighted by molar-refractivity contribution is -0.148. The van der Waals surface area contributed by atoms with E-state index in [0.717, 1.165) is 25.9 Å². The van der Waals surface area contributed by atoms with Crippen molar-refractivity contribution in [2.45, 2.75) is 51.9 Å². The Balaban J connectivity index is 2.20. The van der Waals surface area contributed by atoms with Crippen LogP contribution >= 0.6 is 0 Å². The maximum Gasteiger partial charge on any atom is 0.306 e. The Morgan fingerprint density at radius 2 is 1.89 bits per heavy atom. The molecule has 1 fully saturated rings. The molecule has 0 aromatic heterocycles. The Morgan fingerprint density at radius 1 is 1.17 bits per heavy atom. The minimum absolute atomic E-state index is 0.000388. The molecule has 0 aliphatic heterocycles. The molecule has 0 radical (unpaired) electrons. The van der Waals surface area contributed by atoms with Gasteiger partial charge in [-0.05, 0) is 31.2 Å². The topological polar surface area (TPSA) is 61.5 Å². The lowest BCUT2D eigenvalue weighted by atomic mass is 9.72. The highest BCUT2D eigenvalue weighted by Crippen LogP contribution is 2.38. The minimum Gasteiger partial charge on any atom is -0.463 e. The molecular weight excluding hydrogens is 230 g/mol. The molecule has 2 N–H and O–H groups in total. The van der Waals surface area contributed by atoms with Crippen molar-refractivity contribution in [3.05, 3.63) is 0 Å². The van der Waals surface area contributed by atoms with Crippen LogP contribution in [-0.2, 0) is 14.3 Å². The summed E-state index contributed by atoms with van der Waals surface area (Å²) in [5.74, 6) is -0.123. The van der Waals surface area contributed by atoms with Crippen molar-refractivity contribution in [1.29, 1.82) is 0 Å². The van der Waals surface area contributed by atoms with Gasteiger partial charge in [0.1, 0.15) is 6.61 Å². The number of ether oxygens (including phenoxy) is 2. The van der Waals surface area contributed by atoms with Gasteiger partial charge in [-0.15, -0.1) is 0 Å². The second-order valence-corrected chi connectivity index (χ2v) is 5.27. The third kappa shape index (κ3) is 5.36. The Bertz CT molecular complexity index is 237. The Morgan fingerprint density at radius 3 is 2.50 bits per heavy atom. The molecule has 4 nitrogen and oxygen atoms in total. The van der Waals surface area contributed by atoms with E-state index in [1.165, 1.54) is 19.3 Å². The largest absolute Gasteiger partial charge is 0.463 e. The average Bonchev–Trinajstić information content (AvgIpc) is 2.39. The molecular formula is C14H27NO3. The summed E-state index contributed by atoms with van der Waals surface area (Å²) in [6, 6.07) is 0. The van der Waals surface area contributed by atoms with Crippen LogP contribution < -0.4 is 5.73 Å². The van der Waals surface area contributed by atoms with Gasteiger partial charge in [0.25, 0.3) is 0 Å². The van der Waals surface area contributed by atoms with E-state index in [-0.39, 0.29) is 11.4 Å². The quantitative estimate of drug-likeness (QED) is 0.535. The molecule has 0 amide bonds. The molecule has 1 aliphatic carbocycles. The molecule has 0 bridgehead atoms. The van der Waals surface area contributed by atoms with Gasteiger partial charge in [0.15, 0.2) is 0 Å². The predicted molar refractivity (Wildman–Crippen MR) is 71.3 cm³/mol. The lowest BCUT2D eigenvalue weighted by Crippen LogP contribution is -2.35. The summed E-state index contributed by atoms with van der Waals surface area (Å²) in [4.78, 5) is 11.8. The number of hydrogen-bond acceptors (Lipinski definition) is 4. The first kappa shape index (κ1) is 15.4. The summed E-state index contributed by atoms with van der Waals surface area (Å²) >= 11 is 0. The molecule has 1 rings (SSSR count). The van der Waals surface area contributed by atoms with Gasteiger partial charge >= 0.3 is 5.97 Å². The standard InChI is InChI=1S/C14H27NO3/c1-2-8-17-9-10-18-13(16)11-14(12-15)6-4-3-5-7-14/h2-12,15H2,1H3. The van der Waals surface area contributed by atoms with Gasteiger partial charge in [-0.1, -0.05) is 26.2 Å². The van der Waals surface area contributed by atoms with Crippen LogP contribution in [0, 0.1) is 5.41 Å². The minimum atomic E-state index is -0.123. The maximum atomic E-state index is 11.8. The zero-order chi connectivity index (χ0) is 13.3. The van der Waals surface area contributed by atoms with E-state index in [2.05, 4.69) is 6.92 Å².